The summed E-state index contributed by atoms with van der Waals surface area (Å²) in [5.74, 6) is 0.176. The van der Waals surface area contributed by atoms with E-state index in [-0.39, 0.29) is 17.4 Å². The van der Waals surface area contributed by atoms with Gasteiger partial charge in [0.2, 0.25) is 0 Å². The number of carbonyl (C=O) groups is 1. The van der Waals surface area contributed by atoms with Crippen LogP contribution in [0.25, 0.3) is 10.4 Å². The van der Waals surface area contributed by atoms with E-state index >= 15 is 0 Å². The van der Waals surface area contributed by atoms with Crippen LogP contribution in [-0.2, 0) is 16.6 Å². The van der Waals surface area contributed by atoms with E-state index in [4.69, 9.17) is 10.5 Å². The molecule has 0 bridgehead atoms. The summed E-state index contributed by atoms with van der Waals surface area (Å²) in [5.41, 5.74) is 9.63. The second-order valence-corrected chi connectivity index (χ2v) is 9.63. The molecule has 1 aliphatic heterocycles. The molecule has 1 aromatic heterocycles. The molecular formula is C23H30N2O2S. The smallest absolute Gasteiger partial charge is 0.263 e. The van der Waals surface area contributed by atoms with Gasteiger partial charge in [-0.1, -0.05) is 38.1 Å². The van der Waals surface area contributed by atoms with Gasteiger partial charge in [-0.3, -0.25) is 4.79 Å². The van der Waals surface area contributed by atoms with Crippen molar-refractivity contribution in [3.8, 4) is 10.4 Å². The second kappa shape index (κ2) is 7.97. The largest absolute Gasteiger partial charge is 0.378 e. The highest BCUT2D eigenvalue weighted by atomic mass is 32.1. The van der Waals surface area contributed by atoms with Gasteiger partial charge in [-0.15, -0.1) is 11.3 Å². The van der Waals surface area contributed by atoms with Crippen LogP contribution in [0.2, 0.25) is 0 Å². The highest BCUT2D eigenvalue weighted by Gasteiger charge is 2.33. The number of carbonyl (C=O) groups excluding carboxylic acids is 1. The summed E-state index contributed by atoms with van der Waals surface area (Å²) in [6.45, 7) is 7.53. The molecule has 1 fully saturated rings. The summed E-state index contributed by atoms with van der Waals surface area (Å²) in [5, 5.41) is 0. The number of hydrogen-bond donors (Lipinski definition) is 1. The normalized spacial score (nSPS) is 18.6. The molecule has 2 aliphatic rings. The van der Waals surface area contributed by atoms with Crippen molar-refractivity contribution in [3.63, 3.8) is 0 Å². The Labute approximate surface area is 171 Å². The number of piperidine rings is 1. The molecule has 4 rings (SSSR count). The lowest BCUT2D eigenvalue weighted by atomic mass is 9.73. The van der Waals surface area contributed by atoms with Crippen molar-refractivity contribution in [2.75, 3.05) is 26.2 Å². The first-order valence-electron chi connectivity index (χ1n) is 10.3. The van der Waals surface area contributed by atoms with Crippen molar-refractivity contribution in [3.05, 3.63) is 46.3 Å². The number of fused-ring (bicyclic) bond motifs is 3. The molecule has 28 heavy (non-hydrogen) atoms. The van der Waals surface area contributed by atoms with Gasteiger partial charge in [0.1, 0.15) is 0 Å². The molecule has 0 unspecified atom stereocenters. The average Bonchev–Trinajstić information content (AvgIpc) is 3.11. The van der Waals surface area contributed by atoms with E-state index in [1.165, 1.54) is 21.6 Å². The molecule has 1 aromatic carbocycles. The number of nitrogens with two attached hydrogens (primary N) is 1. The zero-order valence-corrected chi connectivity index (χ0v) is 17.7. The predicted octanol–water partition coefficient (Wildman–Crippen LogP) is 4.22. The Morgan fingerprint density at radius 2 is 2.04 bits per heavy atom. The van der Waals surface area contributed by atoms with Crippen molar-refractivity contribution in [2.45, 2.75) is 51.0 Å². The first kappa shape index (κ1) is 19.6. The van der Waals surface area contributed by atoms with E-state index < -0.39 is 0 Å². The van der Waals surface area contributed by atoms with Crippen molar-refractivity contribution in [2.24, 2.45) is 5.73 Å². The van der Waals surface area contributed by atoms with E-state index in [1.54, 1.807) is 11.3 Å². The summed E-state index contributed by atoms with van der Waals surface area (Å²) in [6.07, 6.45) is 3.98. The zero-order valence-electron chi connectivity index (χ0n) is 16.9. The number of benzene rings is 1. The van der Waals surface area contributed by atoms with Gasteiger partial charge in [-0.2, -0.15) is 0 Å². The van der Waals surface area contributed by atoms with Crippen LogP contribution in [0, 0.1) is 0 Å². The third-order valence-corrected chi connectivity index (χ3v) is 7.18. The molecule has 1 saturated heterocycles. The maximum Gasteiger partial charge on any atom is 0.263 e. The molecule has 0 atom stereocenters. The number of thiophene rings is 1. The summed E-state index contributed by atoms with van der Waals surface area (Å²) in [7, 11) is 0. The van der Waals surface area contributed by atoms with Crippen LogP contribution in [0.15, 0.2) is 30.3 Å². The van der Waals surface area contributed by atoms with Crippen LogP contribution in [0.3, 0.4) is 0 Å². The van der Waals surface area contributed by atoms with Gasteiger partial charge in [0, 0.05) is 24.6 Å². The molecule has 0 spiro atoms. The minimum Gasteiger partial charge on any atom is -0.378 e. The number of rotatable bonds is 5. The van der Waals surface area contributed by atoms with E-state index in [2.05, 4.69) is 44.2 Å². The quantitative estimate of drug-likeness (QED) is 0.767. The molecule has 2 aromatic rings. The van der Waals surface area contributed by atoms with E-state index in [1.807, 2.05) is 4.90 Å². The minimum atomic E-state index is 0.101. The van der Waals surface area contributed by atoms with Gasteiger partial charge in [0.15, 0.2) is 0 Å². The number of likely N-dealkylation sites (tertiary alicyclic amines) is 1. The lowest BCUT2D eigenvalue weighted by molar-refractivity contribution is 0.00857. The first-order chi connectivity index (χ1) is 13.5. The predicted molar refractivity (Wildman–Crippen MR) is 115 cm³/mol. The van der Waals surface area contributed by atoms with Gasteiger partial charge in [0.25, 0.3) is 5.91 Å². The van der Waals surface area contributed by atoms with E-state index in [0.717, 1.165) is 50.3 Å². The van der Waals surface area contributed by atoms with Crippen LogP contribution in [0.5, 0.6) is 0 Å². The molecule has 5 heteroatoms. The lowest BCUT2D eigenvalue weighted by Crippen LogP contribution is -2.40. The SMILES string of the molecule is CC1(C)Cc2cc(C(=O)N3CCC(OCCCN)CC3)sc2-c2ccccc21. The number of ether oxygens (including phenoxy) is 1. The minimum absolute atomic E-state index is 0.101. The summed E-state index contributed by atoms with van der Waals surface area (Å²) >= 11 is 1.66. The molecule has 0 saturated carbocycles. The van der Waals surface area contributed by atoms with Crippen LogP contribution in [0.4, 0.5) is 0 Å². The molecule has 1 aliphatic carbocycles. The van der Waals surface area contributed by atoms with Gasteiger partial charge in [-0.25, -0.2) is 0 Å². The molecule has 1 amide bonds. The van der Waals surface area contributed by atoms with Gasteiger partial charge >= 0.3 is 0 Å². The maximum absolute atomic E-state index is 13.1. The van der Waals surface area contributed by atoms with Crippen LogP contribution in [0.1, 0.15) is 53.9 Å². The van der Waals surface area contributed by atoms with Gasteiger partial charge in [0.05, 0.1) is 11.0 Å². The highest BCUT2D eigenvalue weighted by Crippen LogP contribution is 2.46. The third-order valence-electron chi connectivity index (χ3n) is 5.98. The molecule has 0 radical (unpaired) electrons. The molecule has 150 valence electrons. The molecular weight excluding hydrogens is 368 g/mol. The van der Waals surface area contributed by atoms with E-state index in [9.17, 15) is 4.79 Å². The highest BCUT2D eigenvalue weighted by molar-refractivity contribution is 7.17. The Hall–Kier alpha value is -1.69. The fraction of sp³-hybridized carbons (Fsp3) is 0.522. The maximum atomic E-state index is 13.1. The Balaban J connectivity index is 1.48. The van der Waals surface area contributed by atoms with Crippen molar-refractivity contribution < 1.29 is 9.53 Å². The third kappa shape index (κ3) is 3.76. The number of amides is 1. The van der Waals surface area contributed by atoms with Gasteiger partial charge < -0.3 is 15.4 Å². The van der Waals surface area contributed by atoms with Crippen LogP contribution in [-0.4, -0.2) is 43.2 Å². The standard InChI is InChI=1S/C23H30N2O2S/c1-23(2)15-16-14-20(28-21(16)18-6-3-4-7-19(18)23)22(26)25-11-8-17(9-12-25)27-13-5-10-24/h3-4,6-7,14,17H,5,8-13,15,24H2,1-2H3. The second-order valence-electron chi connectivity index (χ2n) is 8.58. The topological polar surface area (TPSA) is 55.6 Å². The van der Waals surface area contributed by atoms with Gasteiger partial charge in [-0.05, 0) is 60.4 Å². The fourth-order valence-corrected chi connectivity index (χ4v) is 5.64. The van der Waals surface area contributed by atoms with Crippen LogP contribution < -0.4 is 5.73 Å². The molecule has 2 N–H and O–H groups in total. The zero-order chi connectivity index (χ0) is 19.7. The summed E-state index contributed by atoms with van der Waals surface area (Å²) in [6, 6.07) is 10.8. The van der Waals surface area contributed by atoms with Crippen molar-refractivity contribution in [1.29, 1.82) is 0 Å². The summed E-state index contributed by atoms with van der Waals surface area (Å²) < 4.78 is 5.87. The number of hydrogen-bond acceptors (Lipinski definition) is 4. The Morgan fingerprint density at radius 1 is 1.29 bits per heavy atom. The first-order valence-corrected chi connectivity index (χ1v) is 11.1. The van der Waals surface area contributed by atoms with Crippen LogP contribution >= 0.6 is 11.3 Å². The molecule has 4 nitrogen and oxygen atoms in total. The van der Waals surface area contributed by atoms with Crippen molar-refractivity contribution >= 4 is 17.2 Å². The monoisotopic (exact) mass is 398 g/mol. The lowest BCUT2D eigenvalue weighted by Gasteiger charge is -2.32. The Morgan fingerprint density at radius 3 is 2.79 bits per heavy atom. The van der Waals surface area contributed by atoms with E-state index in [0.29, 0.717) is 6.54 Å². The number of nitrogens with zero attached hydrogens (tertiary/aromatic N) is 1. The Bertz CT molecular complexity index is 850. The molecule has 2 heterocycles. The van der Waals surface area contributed by atoms with Crippen molar-refractivity contribution in [1.82, 2.24) is 4.90 Å². The fourth-order valence-electron chi connectivity index (χ4n) is 4.45. The average molecular weight is 399 g/mol. The Kier molecular flexibility index (Phi) is 5.59. The summed E-state index contributed by atoms with van der Waals surface area (Å²) in [4.78, 5) is 17.3.